The molecule has 0 unspecified atom stereocenters. The van der Waals surface area contributed by atoms with E-state index in [0.29, 0.717) is 65.8 Å². The van der Waals surface area contributed by atoms with Gasteiger partial charge in [0.15, 0.2) is 0 Å². The van der Waals surface area contributed by atoms with Gasteiger partial charge in [-0.1, -0.05) is 13.8 Å². The van der Waals surface area contributed by atoms with Crippen LogP contribution in [0.15, 0.2) is 53.6 Å². The maximum Gasteiger partial charge on any atom is 0.265 e. The average Bonchev–Trinajstić information content (AvgIpc) is 3.41. The summed E-state index contributed by atoms with van der Waals surface area (Å²) in [5.74, 6) is -2.71. The fraction of sp³-hybridized carbons (Fsp3) is 0.321. The van der Waals surface area contributed by atoms with Gasteiger partial charge in [0.25, 0.3) is 10.0 Å². The van der Waals surface area contributed by atoms with Crippen molar-refractivity contribution < 1.29 is 30.0 Å². The Morgan fingerprint density at radius 2 is 1.66 bits per heavy atom. The maximum atomic E-state index is 14.9. The second-order valence-corrected chi connectivity index (χ2v) is 15.3. The minimum absolute atomic E-state index is 0.0290. The number of nitrogens with zero attached hydrogens (tertiary/aromatic N) is 4. The van der Waals surface area contributed by atoms with E-state index in [1.807, 2.05) is 18.6 Å². The number of hydrogen-bond donors (Lipinski definition) is 2. The number of thiazole rings is 1. The van der Waals surface area contributed by atoms with Gasteiger partial charge >= 0.3 is 0 Å². The summed E-state index contributed by atoms with van der Waals surface area (Å²) in [6.07, 6.45) is 3.93. The Morgan fingerprint density at radius 1 is 0.955 bits per heavy atom. The van der Waals surface area contributed by atoms with E-state index in [0.717, 1.165) is 17.1 Å². The highest BCUT2D eigenvalue weighted by atomic mass is 32.2. The lowest BCUT2D eigenvalue weighted by Gasteiger charge is -2.30. The van der Waals surface area contributed by atoms with Crippen LogP contribution < -0.4 is 10.0 Å². The number of anilines is 2. The van der Waals surface area contributed by atoms with Crippen LogP contribution >= 0.6 is 11.3 Å². The van der Waals surface area contributed by atoms with E-state index in [-0.39, 0.29) is 12.0 Å². The highest BCUT2D eigenvalue weighted by Gasteiger charge is 2.26. The molecule has 0 spiro atoms. The van der Waals surface area contributed by atoms with Crippen LogP contribution in [-0.4, -0.2) is 61.5 Å². The summed E-state index contributed by atoms with van der Waals surface area (Å²) in [5, 5.41) is 4.03. The molecule has 1 fully saturated rings. The zero-order valence-corrected chi connectivity index (χ0v) is 26.3. The molecule has 234 valence electrons. The molecule has 4 aromatic rings. The first-order valence-electron chi connectivity index (χ1n) is 13.5. The number of hydrogen-bond acceptors (Lipinski definition) is 9. The van der Waals surface area contributed by atoms with Crippen molar-refractivity contribution in [3.63, 3.8) is 0 Å². The number of rotatable bonds is 9. The average molecular weight is 667 g/mol. The molecule has 0 amide bonds. The number of nitrogens with one attached hydrogen (secondary N) is 2. The zero-order valence-electron chi connectivity index (χ0n) is 23.9. The van der Waals surface area contributed by atoms with Crippen molar-refractivity contribution in [2.24, 2.45) is 0 Å². The third-order valence-electron chi connectivity index (χ3n) is 6.95. The Bertz CT molecular complexity index is 1910. The van der Waals surface area contributed by atoms with Crippen molar-refractivity contribution in [2.45, 2.75) is 43.5 Å². The molecule has 1 aliphatic heterocycles. The van der Waals surface area contributed by atoms with Crippen molar-refractivity contribution in [2.75, 3.05) is 29.4 Å². The predicted molar refractivity (Wildman–Crippen MR) is 163 cm³/mol. The standard InChI is InChI=1S/C28H29F3N6O4S3/c1-16(2)27-35-25(17-4-6-20(30)23(14-17)36-44(40,41)24-15-18(29)5-7-21(24)31)26(42-27)22-8-11-32-28(34-22)33-19-9-12-37(13-10-19)43(3,38)39/h4-8,11,14-16,19,36H,9-10,12-13H2,1-3H3,(H,32,33,34). The third kappa shape index (κ3) is 7.03. The van der Waals surface area contributed by atoms with Crippen molar-refractivity contribution in [1.82, 2.24) is 19.3 Å². The molecule has 1 aliphatic rings. The normalized spacial score (nSPS) is 15.1. The van der Waals surface area contributed by atoms with Gasteiger partial charge in [-0.2, -0.15) is 0 Å². The van der Waals surface area contributed by atoms with Gasteiger partial charge in [0.2, 0.25) is 16.0 Å². The van der Waals surface area contributed by atoms with Gasteiger partial charge in [-0.25, -0.2) is 49.3 Å². The monoisotopic (exact) mass is 666 g/mol. The van der Waals surface area contributed by atoms with E-state index < -0.39 is 48.1 Å². The fourth-order valence-electron chi connectivity index (χ4n) is 4.66. The predicted octanol–water partition coefficient (Wildman–Crippen LogP) is 5.44. The van der Waals surface area contributed by atoms with E-state index in [4.69, 9.17) is 4.98 Å². The summed E-state index contributed by atoms with van der Waals surface area (Å²) in [6.45, 7) is 4.69. The molecule has 2 N–H and O–H groups in total. The molecule has 16 heteroatoms. The molecule has 44 heavy (non-hydrogen) atoms. The lowest BCUT2D eigenvalue weighted by Crippen LogP contribution is -2.42. The van der Waals surface area contributed by atoms with E-state index in [1.54, 1.807) is 12.3 Å². The molecule has 3 heterocycles. The summed E-state index contributed by atoms with van der Waals surface area (Å²) >= 11 is 1.37. The molecular weight excluding hydrogens is 638 g/mol. The van der Waals surface area contributed by atoms with E-state index in [2.05, 4.69) is 15.3 Å². The Kier molecular flexibility index (Phi) is 8.98. The molecule has 2 aromatic carbocycles. The topological polar surface area (TPSA) is 134 Å². The van der Waals surface area contributed by atoms with Gasteiger partial charge in [0.1, 0.15) is 22.3 Å². The van der Waals surface area contributed by atoms with Crippen LogP contribution in [0.2, 0.25) is 0 Å². The summed E-state index contributed by atoms with van der Waals surface area (Å²) < 4.78 is 95.7. The van der Waals surface area contributed by atoms with E-state index >= 15 is 0 Å². The Labute approximate surface area is 257 Å². The van der Waals surface area contributed by atoms with Crippen LogP contribution in [0, 0.1) is 17.5 Å². The van der Waals surface area contributed by atoms with Gasteiger partial charge in [-0.05, 0) is 55.3 Å². The SMILES string of the molecule is CC(C)c1nc(-c2ccc(F)c(NS(=O)(=O)c3cc(F)ccc3F)c2)c(-c2ccnc(NC3CCN(S(C)(=O)=O)CC3)n2)s1. The van der Waals surface area contributed by atoms with Crippen LogP contribution in [0.4, 0.5) is 24.8 Å². The minimum atomic E-state index is -4.68. The highest BCUT2D eigenvalue weighted by Crippen LogP contribution is 2.40. The molecule has 5 rings (SSSR count). The van der Waals surface area contributed by atoms with Crippen molar-refractivity contribution in [3.8, 4) is 21.8 Å². The van der Waals surface area contributed by atoms with Crippen molar-refractivity contribution in [1.29, 1.82) is 0 Å². The number of sulfonamides is 2. The fourth-order valence-corrected chi connectivity index (χ4v) is 7.74. The van der Waals surface area contributed by atoms with Gasteiger partial charge < -0.3 is 5.32 Å². The lowest BCUT2D eigenvalue weighted by molar-refractivity contribution is 0.331. The highest BCUT2D eigenvalue weighted by molar-refractivity contribution is 7.92. The molecule has 0 bridgehead atoms. The van der Waals surface area contributed by atoms with E-state index in [1.165, 1.54) is 34.0 Å². The lowest BCUT2D eigenvalue weighted by atomic mass is 10.1. The van der Waals surface area contributed by atoms with Crippen molar-refractivity contribution >= 4 is 43.0 Å². The molecular formula is C28H29F3N6O4S3. The van der Waals surface area contributed by atoms with Crippen LogP contribution in [0.3, 0.4) is 0 Å². The Hall–Kier alpha value is -3.60. The summed E-state index contributed by atoms with van der Waals surface area (Å²) in [4.78, 5) is 13.4. The first kappa shape index (κ1) is 31.8. The first-order valence-corrected chi connectivity index (χ1v) is 17.7. The maximum absolute atomic E-state index is 14.9. The molecule has 0 saturated carbocycles. The zero-order chi connectivity index (χ0) is 31.8. The molecule has 0 radical (unpaired) electrons. The summed E-state index contributed by atoms with van der Waals surface area (Å²) in [5.41, 5.74) is 0.830. The minimum Gasteiger partial charge on any atom is -0.351 e. The van der Waals surface area contributed by atoms with Crippen LogP contribution in [-0.2, 0) is 20.0 Å². The number of aromatic nitrogens is 3. The van der Waals surface area contributed by atoms with Crippen molar-refractivity contribution in [3.05, 3.63) is 71.1 Å². The summed E-state index contributed by atoms with van der Waals surface area (Å²) in [7, 11) is -7.94. The van der Waals surface area contributed by atoms with Crippen LogP contribution in [0.1, 0.15) is 37.6 Å². The number of piperidine rings is 1. The Balaban J connectivity index is 1.46. The van der Waals surface area contributed by atoms with Gasteiger partial charge in [-0.3, -0.25) is 4.72 Å². The number of halogens is 3. The molecule has 2 aromatic heterocycles. The summed E-state index contributed by atoms with van der Waals surface area (Å²) in [6, 6.07) is 7.36. The second-order valence-electron chi connectivity index (χ2n) is 10.6. The largest absolute Gasteiger partial charge is 0.351 e. The quantitative estimate of drug-likeness (QED) is 0.241. The van der Waals surface area contributed by atoms with Crippen LogP contribution in [0.25, 0.3) is 21.8 Å². The molecule has 10 nitrogen and oxygen atoms in total. The molecule has 0 atom stereocenters. The van der Waals surface area contributed by atoms with Gasteiger partial charge in [0, 0.05) is 36.8 Å². The van der Waals surface area contributed by atoms with E-state index in [9.17, 15) is 30.0 Å². The number of benzene rings is 2. The Morgan fingerprint density at radius 3 is 2.34 bits per heavy atom. The molecule has 0 aliphatic carbocycles. The smallest absolute Gasteiger partial charge is 0.265 e. The van der Waals surface area contributed by atoms with Gasteiger partial charge in [0.05, 0.1) is 33.2 Å². The second kappa shape index (κ2) is 12.4. The van der Waals surface area contributed by atoms with Crippen LogP contribution in [0.5, 0.6) is 0 Å². The third-order valence-corrected chi connectivity index (χ3v) is 11.0. The first-order chi connectivity index (χ1) is 20.7. The molecule has 1 saturated heterocycles. The van der Waals surface area contributed by atoms with Gasteiger partial charge in [-0.15, -0.1) is 11.3 Å².